The van der Waals surface area contributed by atoms with Crippen LogP contribution >= 0.6 is 11.8 Å². The van der Waals surface area contributed by atoms with Gasteiger partial charge in [0.2, 0.25) is 0 Å². The van der Waals surface area contributed by atoms with Crippen molar-refractivity contribution in [3.05, 3.63) is 0 Å². The molecule has 0 amide bonds. The molecule has 0 aromatic carbocycles. The monoisotopic (exact) mass is 285 g/mol. The van der Waals surface area contributed by atoms with E-state index in [0.29, 0.717) is 6.04 Å². The van der Waals surface area contributed by atoms with Crippen LogP contribution in [0.3, 0.4) is 0 Å². The molecule has 3 heteroatoms. The minimum Gasteiger partial charge on any atom is -0.375 e. The van der Waals surface area contributed by atoms with Gasteiger partial charge < -0.3 is 10.1 Å². The van der Waals surface area contributed by atoms with Gasteiger partial charge in [-0.25, -0.2) is 0 Å². The Bertz CT molecular complexity index is 265. The fourth-order valence-corrected chi connectivity index (χ4v) is 4.30. The van der Waals surface area contributed by atoms with Crippen molar-refractivity contribution in [2.45, 2.75) is 76.2 Å². The molecule has 2 rings (SSSR count). The Morgan fingerprint density at radius 2 is 2.16 bits per heavy atom. The second-order valence-corrected chi connectivity index (χ2v) is 8.19. The highest BCUT2D eigenvalue weighted by Gasteiger charge is 2.44. The van der Waals surface area contributed by atoms with E-state index in [1.165, 1.54) is 44.3 Å². The molecule has 1 saturated heterocycles. The highest BCUT2D eigenvalue weighted by Crippen LogP contribution is 2.45. The number of rotatable bonds is 7. The number of nitrogens with one attached hydrogen (secondary N) is 1. The molecule has 19 heavy (non-hydrogen) atoms. The lowest BCUT2D eigenvalue weighted by atomic mass is 9.70. The third-order valence-electron chi connectivity index (χ3n) is 4.63. The van der Waals surface area contributed by atoms with Gasteiger partial charge in [0, 0.05) is 18.4 Å². The van der Waals surface area contributed by atoms with E-state index in [0.717, 1.165) is 24.3 Å². The van der Waals surface area contributed by atoms with Gasteiger partial charge >= 0.3 is 0 Å². The summed E-state index contributed by atoms with van der Waals surface area (Å²) in [6.45, 7) is 9.02. The summed E-state index contributed by atoms with van der Waals surface area (Å²) in [6, 6.07) is 0.689. The van der Waals surface area contributed by atoms with Crippen LogP contribution in [0.1, 0.15) is 59.3 Å². The molecule has 2 fully saturated rings. The first kappa shape index (κ1) is 15.7. The minimum absolute atomic E-state index is 0.289. The first-order chi connectivity index (χ1) is 9.15. The van der Waals surface area contributed by atoms with Gasteiger partial charge in [-0.05, 0) is 56.2 Å². The summed E-state index contributed by atoms with van der Waals surface area (Å²) < 4.78 is 6.08. The molecule has 1 spiro atoms. The summed E-state index contributed by atoms with van der Waals surface area (Å²) in [6.07, 6.45) is 7.77. The van der Waals surface area contributed by atoms with Crippen LogP contribution in [-0.2, 0) is 4.74 Å². The van der Waals surface area contributed by atoms with Gasteiger partial charge in [-0.3, -0.25) is 0 Å². The molecular formula is C16H31NOS. The summed E-state index contributed by atoms with van der Waals surface area (Å²) >= 11 is 2.11. The zero-order valence-electron chi connectivity index (χ0n) is 12.9. The van der Waals surface area contributed by atoms with Crippen molar-refractivity contribution in [3.8, 4) is 0 Å². The Balaban J connectivity index is 1.87. The van der Waals surface area contributed by atoms with Crippen molar-refractivity contribution in [1.82, 2.24) is 5.32 Å². The number of thioether (sulfide) groups is 1. The minimum atomic E-state index is 0.289. The molecule has 2 nitrogen and oxygen atoms in total. The van der Waals surface area contributed by atoms with E-state index < -0.39 is 0 Å². The summed E-state index contributed by atoms with van der Waals surface area (Å²) in [4.78, 5) is 0. The zero-order chi connectivity index (χ0) is 13.7. The summed E-state index contributed by atoms with van der Waals surface area (Å²) in [5.74, 6) is 2.09. The van der Waals surface area contributed by atoms with Crippen LogP contribution in [0.5, 0.6) is 0 Å². The van der Waals surface area contributed by atoms with Crippen molar-refractivity contribution in [3.63, 3.8) is 0 Å². The SMILES string of the molecule is CCCNC(CSC(C)C)C1CCOC2(CCC2)C1. The quantitative estimate of drug-likeness (QED) is 0.768. The lowest BCUT2D eigenvalue weighted by Crippen LogP contribution is -2.51. The van der Waals surface area contributed by atoms with Crippen LogP contribution in [0.15, 0.2) is 0 Å². The molecule has 1 heterocycles. The average molecular weight is 285 g/mol. The highest BCUT2D eigenvalue weighted by atomic mass is 32.2. The third kappa shape index (κ3) is 4.37. The Labute approximate surface area is 123 Å². The van der Waals surface area contributed by atoms with E-state index in [2.05, 4.69) is 37.8 Å². The Morgan fingerprint density at radius 1 is 1.37 bits per heavy atom. The molecule has 1 N–H and O–H groups in total. The Morgan fingerprint density at radius 3 is 2.74 bits per heavy atom. The van der Waals surface area contributed by atoms with Crippen molar-refractivity contribution >= 4 is 11.8 Å². The van der Waals surface area contributed by atoms with E-state index in [1.807, 2.05) is 0 Å². The maximum absolute atomic E-state index is 6.08. The Hall–Kier alpha value is 0.270. The van der Waals surface area contributed by atoms with Gasteiger partial charge in [0.1, 0.15) is 0 Å². The average Bonchev–Trinajstić information content (AvgIpc) is 2.37. The van der Waals surface area contributed by atoms with Gasteiger partial charge in [0.25, 0.3) is 0 Å². The largest absolute Gasteiger partial charge is 0.375 e. The molecule has 2 unspecified atom stereocenters. The lowest BCUT2D eigenvalue weighted by Gasteiger charge is -2.49. The van der Waals surface area contributed by atoms with Gasteiger partial charge in [0.15, 0.2) is 0 Å². The van der Waals surface area contributed by atoms with Crippen molar-refractivity contribution in [1.29, 1.82) is 0 Å². The van der Waals surface area contributed by atoms with E-state index in [1.54, 1.807) is 0 Å². The smallest absolute Gasteiger partial charge is 0.0685 e. The molecule has 2 aliphatic rings. The maximum Gasteiger partial charge on any atom is 0.0685 e. The standard InChI is InChI=1S/C16H31NOS/c1-4-9-17-15(12-19-13(2)3)14-6-10-18-16(11-14)7-5-8-16/h13-15,17H,4-12H2,1-3H3. The molecular weight excluding hydrogens is 254 g/mol. The van der Waals surface area contributed by atoms with Crippen LogP contribution in [-0.4, -0.2) is 35.8 Å². The van der Waals surface area contributed by atoms with Crippen molar-refractivity contribution in [2.75, 3.05) is 18.9 Å². The first-order valence-corrected chi connectivity index (χ1v) is 9.19. The number of hydrogen-bond donors (Lipinski definition) is 1. The second-order valence-electron chi connectivity index (χ2n) is 6.58. The molecule has 0 aromatic rings. The normalized spacial score (nSPS) is 27.5. The molecule has 1 aliphatic carbocycles. The third-order valence-corrected chi connectivity index (χ3v) is 5.85. The van der Waals surface area contributed by atoms with Gasteiger partial charge in [0.05, 0.1) is 5.60 Å². The Kier molecular flexibility index (Phi) is 6.04. The number of hydrogen-bond acceptors (Lipinski definition) is 3. The first-order valence-electron chi connectivity index (χ1n) is 8.14. The van der Waals surface area contributed by atoms with Gasteiger partial charge in [-0.15, -0.1) is 0 Å². The number of ether oxygens (including phenoxy) is 1. The van der Waals surface area contributed by atoms with Crippen molar-refractivity contribution in [2.24, 2.45) is 5.92 Å². The van der Waals surface area contributed by atoms with Gasteiger partial charge in [-0.1, -0.05) is 20.8 Å². The predicted octanol–water partition coefficient (Wildman–Crippen LogP) is 3.85. The van der Waals surface area contributed by atoms with E-state index in [9.17, 15) is 0 Å². The molecule has 1 saturated carbocycles. The molecule has 0 radical (unpaired) electrons. The van der Waals surface area contributed by atoms with Crippen LogP contribution in [0, 0.1) is 5.92 Å². The molecule has 0 aromatic heterocycles. The van der Waals surface area contributed by atoms with E-state index in [-0.39, 0.29) is 5.60 Å². The predicted molar refractivity (Wildman–Crippen MR) is 84.9 cm³/mol. The van der Waals surface area contributed by atoms with Crippen molar-refractivity contribution < 1.29 is 4.74 Å². The van der Waals surface area contributed by atoms with E-state index >= 15 is 0 Å². The second kappa shape index (κ2) is 7.33. The van der Waals surface area contributed by atoms with Gasteiger partial charge in [-0.2, -0.15) is 11.8 Å². The molecule has 1 aliphatic heterocycles. The van der Waals surface area contributed by atoms with Crippen LogP contribution in [0.25, 0.3) is 0 Å². The molecule has 112 valence electrons. The summed E-state index contributed by atoms with van der Waals surface area (Å²) in [5, 5.41) is 4.54. The fourth-order valence-electron chi connectivity index (χ4n) is 3.32. The lowest BCUT2D eigenvalue weighted by molar-refractivity contribution is -0.146. The summed E-state index contributed by atoms with van der Waals surface area (Å²) in [7, 11) is 0. The fraction of sp³-hybridized carbons (Fsp3) is 1.00. The topological polar surface area (TPSA) is 21.3 Å². The zero-order valence-corrected chi connectivity index (χ0v) is 13.7. The molecule has 0 bridgehead atoms. The summed E-state index contributed by atoms with van der Waals surface area (Å²) in [5.41, 5.74) is 0.289. The maximum atomic E-state index is 6.08. The van der Waals surface area contributed by atoms with Crippen LogP contribution < -0.4 is 5.32 Å². The van der Waals surface area contributed by atoms with Crippen LogP contribution in [0.4, 0.5) is 0 Å². The highest BCUT2D eigenvalue weighted by molar-refractivity contribution is 7.99. The van der Waals surface area contributed by atoms with Crippen LogP contribution in [0.2, 0.25) is 0 Å². The van der Waals surface area contributed by atoms with E-state index in [4.69, 9.17) is 4.74 Å². The molecule has 2 atom stereocenters.